The van der Waals surface area contributed by atoms with Gasteiger partial charge in [0.15, 0.2) is 0 Å². The van der Waals surface area contributed by atoms with Gasteiger partial charge in [-0.3, -0.25) is 19.3 Å². The lowest BCUT2D eigenvalue weighted by atomic mass is 10.2. The molecule has 1 heterocycles. The number of benzene rings is 1. The molecule has 0 aliphatic carbocycles. The molecule has 1 aromatic carbocycles. The molecule has 1 aliphatic rings. The molecule has 0 N–H and O–H groups in total. The molecular weight excluding hydrogens is 326 g/mol. The number of rotatable bonds is 4. The van der Waals surface area contributed by atoms with E-state index in [9.17, 15) is 14.4 Å². The summed E-state index contributed by atoms with van der Waals surface area (Å²) in [4.78, 5) is 36.8. The Morgan fingerprint density at radius 1 is 1.41 bits per heavy atom. The van der Waals surface area contributed by atoms with Gasteiger partial charge >= 0.3 is 5.97 Å². The highest BCUT2D eigenvalue weighted by molar-refractivity contribution is 8.18. The molecule has 0 radical (unpaired) electrons. The fourth-order valence-electron chi connectivity index (χ4n) is 1.81. The molecule has 0 spiro atoms. The Bertz CT molecular complexity index is 657. The molecule has 116 valence electrons. The van der Waals surface area contributed by atoms with Crippen LogP contribution < -0.4 is 0 Å². The van der Waals surface area contributed by atoms with Crippen molar-refractivity contribution in [2.45, 2.75) is 20.0 Å². The van der Waals surface area contributed by atoms with Crippen LogP contribution in [0.15, 0.2) is 29.2 Å². The van der Waals surface area contributed by atoms with Gasteiger partial charge < -0.3 is 4.74 Å². The largest absolute Gasteiger partial charge is 0.462 e. The highest BCUT2D eigenvalue weighted by Gasteiger charge is 2.36. The van der Waals surface area contributed by atoms with Gasteiger partial charge in [-0.25, -0.2) is 0 Å². The van der Waals surface area contributed by atoms with Crippen molar-refractivity contribution in [2.24, 2.45) is 0 Å². The van der Waals surface area contributed by atoms with Crippen LogP contribution in [-0.4, -0.2) is 34.7 Å². The predicted molar refractivity (Wildman–Crippen MR) is 85.4 cm³/mol. The van der Waals surface area contributed by atoms with E-state index in [1.807, 2.05) is 0 Å². The molecule has 1 aromatic rings. The van der Waals surface area contributed by atoms with Gasteiger partial charge in [0.25, 0.3) is 11.1 Å². The Morgan fingerprint density at radius 2 is 2.14 bits per heavy atom. The Morgan fingerprint density at radius 3 is 2.77 bits per heavy atom. The molecule has 0 unspecified atom stereocenters. The van der Waals surface area contributed by atoms with Crippen molar-refractivity contribution in [1.82, 2.24) is 4.90 Å². The smallest absolute Gasteiger partial charge is 0.326 e. The normalized spacial score (nSPS) is 16.7. The van der Waals surface area contributed by atoms with Crippen LogP contribution >= 0.6 is 23.4 Å². The Labute approximate surface area is 137 Å². The van der Waals surface area contributed by atoms with E-state index in [-0.39, 0.29) is 17.6 Å². The standard InChI is InChI=1S/C15H14ClNO4S/c1-9(2)21-13(18)8-17-14(19)12(22-15(17)20)7-10-4-3-5-11(16)6-10/h3-7,9H,8H2,1-2H3/b12-7+. The molecule has 22 heavy (non-hydrogen) atoms. The average Bonchev–Trinajstić information content (AvgIpc) is 2.66. The van der Waals surface area contributed by atoms with Gasteiger partial charge in [0.05, 0.1) is 11.0 Å². The molecule has 0 aromatic heterocycles. The molecule has 0 saturated carbocycles. The van der Waals surface area contributed by atoms with Crippen LogP contribution in [0.3, 0.4) is 0 Å². The van der Waals surface area contributed by atoms with E-state index in [0.29, 0.717) is 10.6 Å². The van der Waals surface area contributed by atoms with Gasteiger partial charge in [-0.05, 0) is 49.4 Å². The first kappa shape index (κ1) is 16.6. The molecule has 0 atom stereocenters. The SMILES string of the molecule is CC(C)OC(=O)CN1C(=O)S/C(=C/c2cccc(Cl)c2)C1=O. The van der Waals surface area contributed by atoms with Crippen LogP contribution in [0.1, 0.15) is 19.4 Å². The topological polar surface area (TPSA) is 63.7 Å². The van der Waals surface area contributed by atoms with Gasteiger partial charge in [0.1, 0.15) is 6.54 Å². The second-order valence-corrected chi connectivity index (χ2v) is 6.29. The van der Waals surface area contributed by atoms with Gasteiger partial charge in [0.2, 0.25) is 0 Å². The molecular formula is C15H14ClNO4S. The number of amides is 2. The van der Waals surface area contributed by atoms with E-state index in [4.69, 9.17) is 16.3 Å². The summed E-state index contributed by atoms with van der Waals surface area (Å²) in [5, 5.41) is 0.0486. The fourth-order valence-corrected chi connectivity index (χ4v) is 2.85. The minimum absolute atomic E-state index is 0.254. The third kappa shape index (κ3) is 4.11. The summed E-state index contributed by atoms with van der Waals surface area (Å²) in [5.41, 5.74) is 0.711. The highest BCUT2D eigenvalue weighted by Crippen LogP contribution is 2.32. The first-order valence-corrected chi connectivity index (χ1v) is 7.76. The number of halogens is 1. The zero-order valence-electron chi connectivity index (χ0n) is 12.0. The lowest BCUT2D eigenvalue weighted by molar-refractivity contribution is -0.149. The van der Waals surface area contributed by atoms with E-state index < -0.39 is 17.1 Å². The number of ether oxygens (including phenoxy) is 1. The minimum atomic E-state index is -0.610. The monoisotopic (exact) mass is 339 g/mol. The van der Waals surface area contributed by atoms with Crippen molar-refractivity contribution in [3.63, 3.8) is 0 Å². The van der Waals surface area contributed by atoms with Gasteiger partial charge in [0, 0.05) is 5.02 Å². The molecule has 0 bridgehead atoms. The third-order valence-electron chi connectivity index (χ3n) is 2.67. The molecule has 2 rings (SSSR count). The third-order valence-corrected chi connectivity index (χ3v) is 3.82. The molecule has 7 heteroatoms. The average molecular weight is 340 g/mol. The molecule has 1 aliphatic heterocycles. The number of thioether (sulfide) groups is 1. The maximum absolute atomic E-state index is 12.2. The van der Waals surface area contributed by atoms with Crippen molar-refractivity contribution in [3.8, 4) is 0 Å². The number of esters is 1. The number of imide groups is 1. The fraction of sp³-hybridized carbons (Fsp3) is 0.267. The van der Waals surface area contributed by atoms with Crippen LogP contribution in [0.4, 0.5) is 4.79 Å². The predicted octanol–water partition coefficient (Wildman–Crippen LogP) is 3.33. The molecule has 5 nitrogen and oxygen atoms in total. The molecule has 1 fully saturated rings. The Kier molecular flexibility index (Phi) is 5.26. The number of carbonyl (C=O) groups excluding carboxylic acids is 3. The summed E-state index contributed by atoms with van der Waals surface area (Å²) in [6.45, 7) is 3.02. The summed E-state index contributed by atoms with van der Waals surface area (Å²) >= 11 is 6.67. The molecule has 2 amide bonds. The Balaban J connectivity index is 2.13. The van der Waals surface area contributed by atoms with Crippen LogP contribution in [0.2, 0.25) is 5.02 Å². The minimum Gasteiger partial charge on any atom is -0.462 e. The van der Waals surface area contributed by atoms with Crippen molar-refractivity contribution in [1.29, 1.82) is 0 Å². The lowest BCUT2D eigenvalue weighted by Crippen LogP contribution is -2.35. The van der Waals surface area contributed by atoms with E-state index in [1.54, 1.807) is 44.2 Å². The second-order valence-electron chi connectivity index (χ2n) is 4.86. The van der Waals surface area contributed by atoms with E-state index >= 15 is 0 Å². The molecule has 1 saturated heterocycles. The summed E-state index contributed by atoms with van der Waals surface area (Å²) in [7, 11) is 0. The summed E-state index contributed by atoms with van der Waals surface area (Å²) in [6, 6.07) is 6.92. The van der Waals surface area contributed by atoms with Crippen LogP contribution in [0.25, 0.3) is 6.08 Å². The van der Waals surface area contributed by atoms with Crippen LogP contribution in [0.5, 0.6) is 0 Å². The lowest BCUT2D eigenvalue weighted by Gasteiger charge is -2.13. The highest BCUT2D eigenvalue weighted by atomic mass is 35.5. The van der Waals surface area contributed by atoms with E-state index in [1.165, 1.54) is 0 Å². The maximum Gasteiger partial charge on any atom is 0.326 e. The van der Waals surface area contributed by atoms with Crippen LogP contribution in [0, 0.1) is 0 Å². The zero-order valence-corrected chi connectivity index (χ0v) is 13.6. The second kappa shape index (κ2) is 6.98. The number of nitrogens with zero attached hydrogens (tertiary/aromatic N) is 1. The van der Waals surface area contributed by atoms with E-state index in [2.05, 4.69) is 0 Å². The Hall–Kier alpha value is -1.79. The van der Waals surface area contributed by atoms with Crippen LogP contribution in [-0.2, 0) is 14.3 Å². The van der Waals surface area contributed by atoms with Crippen molar-refractivity contribution >= 4 is 46.6 Å². The maximum atomic E-state index is 12.2. The quantitative estimate of drug-likeness (QED) is 0.622. The van der Waals surface area contributed by atoms with Crippen molar-refractivity contribution in [2.75, 3.05) is 6.54 Å². The van der Waals surface area contributed by atoms with Gasteiger partial charge in [-0.1, -0.05) is 23.7 Å². The van der Waals surface area contributed by atoms with Crippen molar-refractivity contribution < 1.29 is 19.1 Å². The summed E-state index contributed by atoms with van der Waals surface area (Å²) in [5.74, 6) is -1.11. The number of carbonyl (C=O) groups is 3. The first-order valence-electron chi connectivity index (χ1n) is 6.57. The van der Waals surface area contributed by atoms with E-state index in [0.717, 1.165) is 16.7 Å². The summed E-state index contributed by atoms with van der Waals surface area (Å²) < 4.78 is 4.95. The van der Waals surface area contributed by atoms with Crippen molar-refractivity contribution in [3.05, 3.63) is 39.8 Å². The number of hydrogen-bond donors (Lipinski definition) is 0. The van der Waals surface area contributed by atoms with Gasteiger partial charge in [-0.2, -0.15) is 0 Å². The first-order chi connectivity index (χ1) is 10.4. The number of hydrogen-bond acceptors (Lipinski definition) is 5. The summed E-state index contributed by atoms with van der Waals surface area (Å²) in [6.07, 6.45) is 1.28. The van der Waals surface area contributed by atoms with Gasteiger partial charge in [-0.15, -0.1) is 0 Å². The zero-order chi connectivity index (χ0) is 16.3.